The van der Waals surface area contributed by atoms with E-state index in [2.05, 4.69) is 51.4 Å². The zero-order valence-electron chi connectivity index (χ0n) is 14.5. The molecule has 3 rings (SSSR count). The average Bonchev–Trinajstić information content (AvgIpc) is 2.61. The summed E-state index contributed by atoms with van der Waals surface area (Å²) >= 11 is 0. The minimum absolute atomic E-state index is 0.528. The number of hydrogen-bond donors (Lipinski definition) is 1. The van der Waals surface area contributed by atoms with Gasteiger partial charge in [-0.25, -0.2) is 9.97 Å². The lowest BCUT2D eigenvalue weighted by Gasteiger charge is -2.31. The third kappa shape index (κ3) is 4.23. The van der Waals surface area contributed by atoms with Crippen LogP contribution in [0.2, 0.25) is 0 Å². The summed E-state index contributed by atoms with van der Waals surface area (Å²) in [6, 6.07) is 8.62. The highest BCUT2D eigenvalue weighted by Crippen LogP contribution is 2.21. The Hall–Kier alpha value is -2.14. The molecule has 0 aliphatic carbocycles. The number of rotatable bonds is 6. The lowest BCUT2D eigenvalue weighted by atomic mass is 9.99. The van der Waals surface area contributed by atoms with Gasteiger partial charge < -0.3 is 10.1 Å². The summed E-state index contributed by atoms with van der Waals surface area (Å²) < 4.78 is 5.25. The van der Waals surface area contributed by atoms with E-state index in [0.717, 1.165) is 12.5 Å². The summed E-state index contributed by atoms with van der Waals surface area (Å²) in [7, 11) is 1.61. The van der Waals surface area contributed by atoms with Crippen molar-refractivity contribution < 1.29 is 4.74 Å². The Morgan fingerprint density at radius 3 is 2.79 bits per heavy atom. The Morgan fingerprint density at radius 1 is 1.21 bits per heavy atom. The molecule has 5 heteroatoms. The second kappa shape index (κ2) is 8.11. The largest absolute Gasteiger partial charge is 0.478 e. The van der Waals surface area contributed by atoms with E-state index in [1.165, 1.54) is 37.1 Å². The van der Waals surface area contributed by atoms with Crippen LogP contribution >= 0.6 is 0 Å². The molecule has 1 saturated heterocycles. The van der Waals surface area contributed by atoms with Gasteiger partial charge in [0.25, 0.3) is 5.88 Å². The summed E-state index contributed by atoms with van der Waals surface area (Å²) in [5, 5.41) is 3.35. The van der Waals surface area contributed by atoms with Crippen LogP contribution in [-0.2, 0) is 13.1 Å². The van der Waals surface area contributed by atoms with Crippen LogP contribution in [0.15, 0.2) is 36.7 Å². The van der Waals surface area contributed by atoms with Gasteiger partial charge in [-0.05, 0) is 36.4 Å². The van der Waals surface area contributed by atoms with E-state index >= 15 is 0 Å². The van der Waals surface area contributed by atoms with E-state index < -0.39 is 0 Å². The SMILES string of the molecule is COc1nccnc1NCc1ccccc1CN1CCCC(C)C1. The minimum Gasteiger partial charge on any atom is -0.478 e. The number of aromatic nitrogens is 2. The smallest absolute Gasteiger partial charge is 0.257 e. The van der Waals surface area contributed by atoms with Crippen molar-refractivity contribution >= 4 is 5.82 Å². The van der Waals surface area contributed by atoms with Crippen molar-refractivity contribution in [3.63, 3.8) is 0 Å². The summed E-state index contributed by atoms with van der Waals surface area (Å²) in [5.41, 5.74) is 2.67. The van der Waals surface area contributed by atoms with Crippen molar-refractivity contribution in [2.24, 2.45) is 5.92 Å². The molecule has 0 spiro atoms. The number of methoxy groups -OCH3 is 1. The fourth-order valence-corrected chi connectivity index (χ4v) is 3.33. The van der Waals surface area contributed by atoms with Crippen molar-refractivity contribution in [3.8, 4) is 5.88 Å². The van der Waals surface area contributed by atoms with E-state index in [-0.39, 0.29) is 0 Å². The molecule has 24 heavy (non-hydrogen) atoms. The molecule has 1 atom stereocenters. The fourth-order valence-electron chi connectivity index (χ4n) is 3.33. The van der Waals surface area contributed by atoms with Crippen LogP contribution in [-0.4, -0.2) is 35.1 Å². The number of hydrogen-bond acceptors (Lipinski definition) is 5. The molecule has 0 radical (unpaired) electrons. The van der Waals surface area contributed by atoms with E-state index in [4.69, 9.17) is 4.74 Å². The van der Waals surface area contributed by atoms with Gasteiger partial charge in [-0.2, -0.15) is 0 Å². The number of nitrogens with zero attached hydrogens (tertiary/aromatic N) is 3. The van der Waals surface area contributed by atoms with Crippen molar-refractivity contribution in [1.82, 2.24) is 14.9 Å². The number of anilines is 1. The molecule has 1 aromatic heterocycles. The summed E-state index contributed by atoms with van der Waals surface area (Å²) in [5.74, 6) is 2.01. The molecule has 1 unspecified atom stereocenters. The Labute approximate surface area is 144 Å². The maximum absolute atomic E-state index is 5.25. The highest BCUT2D eigenvalue weighted by atomic mass is 16.5. The lowest BCUT2D eigenvalue weighted by Crippen LogP contribution is -2.34. The number of ether oxygens (including phenoxy) is 1. The lowest BCUT2D eigenvalue weighted by molar-refractivity contribution is 0.176. The molecule has 2 aromatic rings. The number of benzene rings is 1. The number of piperidine rings is 1. The summed E-state index contributed by atoms with van der Waals surface area (Å²) in [4.78, 5) is 11.1. The van der Waals surface area contributed by atoms with Gasteiger partial charge in [0.05, 0.1) is 7.11 Å². The molecular weight excluding hydrogens is 300 g/mol. The summed E-state index contributed by atoms with van der Waals surface area (Å²) in [6.45, 7) is 6.47. The van der Waals surface area contributed by atoms with Gasteiger partial charge in [-0.1, -0.05) is 31.2 Å². The second-order valence-corrected chi connectivity index (χ2v) is 6.52. The molecule has 1 N–H and O–H groups in total. The first kappa shape index (κ1) is 16.7. The molecule has 1 aromatic carbocycles. The van der Waals surface area contributed by atoms with Crippen molar-refractivity contribution in [3.05, 3.63) is 47.8 Å². The molecule has 0 amide bonds. The summed E-state index contributed by atoms with van der Waals surface area (Å²) in [6.07, 6.45) is 5.96. The first-order valence-electron chi connectivity index (χ1n) is 8.64. The average molecular weight is 326 g/mol. The zero-order chi connectivity index (χ0) is 16.8. The first-order valence-corrected chi connectivity index (χ1v) is 8.64. The normalized spacial score (nSPS) is 18.3. The molecule has 0 saturated carbocycles. The van der Waals surface area contributed by atoms with Gasteiger partial charge in [-0.3, -0.25) is 4.90 Å². The van der Waals surface area contributed by atoms with E-state index in [9.17, 15) is 0 Å². The Balaban J connectivity index is 1.67. The topological polar surface area (TPSA) is 50.3 Å². The van der Waals surface area contributed by atoms with Crippen LogP contribution in [0.3, 0.4) is 0 Å². The number of likely N-dealkylation sites (tertiary alicyclic amines) is 1. The maximum Gasteiger partial charge on any atom is 0.257 e. The molecule has 0 bridgehead atoms. The third-order valence-corrected chi connectivity index (χ3v) is 4.56. The van der Waals surface area contributed by atoms with E-state index in [0.29, 0.717) is 18.2 Å². The van der Waals surface area contributed by atoms with Crippen molar-refractivity contribution in [2.75, 3.05) is 25.5 Å². The molecule has 1 aliphatic rings. The third-order valence-electron chi connectivity index (χ3n) is 4.56. The molecule has 5 nitrogen and oxygen atoms in total. The molecule has 1 fully saturated rings. The minimum atomic E-state index is 0.528. The molecule has 1 aliphatic heterocycles. The standard InChI is InChI=1S/C19H26N4O/c1-15-6-5-11-23(13-15)14-17-8-4-3-7-16(17)12-22-18-19(24-2)21-10-9-20-18/h3-4,7-10,15H,5-6,11-14H2,1-2H3,(H,20,22). The van der Waals surface area contributed by atoms with Gasteiger partial charge in [0.15, 0.2) is 5.82 Å². The van der Waals surface area contributed by atoms with Crippen LogP contribution in [0.4, 0.5) is 5.82 Å². The molecule has 2 heterocycles. The van der Waals surface area contributed by atoms with Crippen LogP contribution < -0.4 is 10.1 Å². The predicted octanol–water partition coefficient (Wildman–Crippen LogP) is 3.33. The van der Waals surface area contributed by atoms with Gasteiger partial charge in [-0.15, -0.1) is 0 Å². The van der Waals surface area contributed by atoms with Crippen molar-refractivity contribution in [2.45, 2.75) is 32.9 Å². The molecule has 128 valence electrons. The van der Waals surface area contributed by atoms with Crippen LogP contribution in [0.5, 0.6) is 5.88 Å². The van der Waals surface area contributed by atoms with Crippen LogP contribution in [0, 0.1) is 5.92 Å². The zero-order valence-corrected chi connectivity index (χ0v) is 14.5. The fraction of sp³-hybridized carbons (Fsp3) is 0.474. The quantitative estimate of drug-likeness (QED) is 0.882. The highest BCUT2D eigenvalue weighted by molar-refractivity contribution is 5.45. The van der Waals surface area contributed by atoms with Gasteiger partial charge in [0.1, 0.15) is 0 Å². The monoisotopic (exact) mass is 326 g/mol. The number of nitrogens with one attached hydrogen (secondary N) is 1. The van der Waals surface area contributed by atoms with E-state index in [1.807, 2.05) is 0 Å². The predicted molar refractivity (Wildman–Crippen MR) is 96.0 cm³/mol. The maximum atomic E-state index is 5.25. The Morgan fingerprint density at radius 2 is 2.00 bits per heavy atom. The second-order valence-electron chi connectivity index (χ2n) is 6.52. The Kier molecular flexibility index (Phi) is 5.64. The van der Waals surface area contributed by atoms with Crippen LogP contribution in [0.25, 0.3) is 0 Å². The van der Waals surface area contributed by atoms with E-state index in [1.54, 1.807) is 19.5 Å². The van der Waals surface area contributed by atoms with Crippen molar-refractivity contribution in [1.29, 1.82) is 0 Å². The van der Waals surface area contributed by atoms with Gasteiger partial charge in [0, 0.05) is 32.0 Å². The first-order chi connectivity index (χ1) is 11.8. The molecular formula is C19H26N4O. The van der Waals surface area contributed by atoms with Crippen LogP contribution in [0.1, 0.15) is 30.9 Å². The van der Waals surface area contributed by atoms with Gasteiger partial charge >= 0.3 is 0 Å². The Bertz CT molecular complexity index is 661. The highest BCUT2D eigenvalue weighted by Gasteiger charge is 2.17. The van der Waals surface area contributed by atoms with Gasteiger partial charge in [0.2, 0.25) is 0 Å².